The summed E-state index contributed by atoms with van der Waals surface area (Å²) in [5, 5.41) is 6.47. The molecule has 2 N–H and O–H groups in total. The zero-order valence-corrected chi connectivity index (χ0v) is 14.7. The molecule has 1 aromatic rings. The Bertz CT molecular complexity index is 487. The maximum absolute atomic E-state index is 11.8. The van der Waals surface area contributed by atoms with Crippen LogP contribution in [0.4, 0.5) is 0 Å². The molecule has 1 aromatic carbocycles. The van der Waals surface area contributed by atoms with Crippen molar-refractivity contribution in [2.45, 2.75) is 51.0 Å². The summed E-state index contributed by atoms with van der Waals surface area (Å²) in [6.45, 7) is 2.29. The highest BCUT2D eigenvalue weighted by molar-refractivity contribution is 5.76. The average molecular weight is 334 g/mol. The van der Waals surface area contributed by atoms with Gasteiger partial charge >= 0.3 is 0 Å². The largest absolute Gasteiger partial charge is 0.493 e. The SMILES string of the molecule is COc1ccccc1OCCNCCCCC(=O)NC1CCCC1. The predicted octanol–water partition coefficient (Wildman–Crippen LogP) is 2.89. The first-order valence-electron chi connectivity index (χ1n) is 9.05. The molecule has 0 spiro atoms. The Kier molecular flexibility index (Phi) is 8.46. The van der Waals surface area contributed by atoms with Crippen LogP contribution in [0.5, 0.6) is 11.5 Å². The Balaban J connectivity index is 1.44. The molecule has 0 aromatic heterocycles. The van der Waals surface area contributed by atoms with E-state index in [4.69, 9.17) is 9.47 Å². The zero-order valence-electron chi connectivity index (χ0n) is 14.7. The van der Waals surface area contributed by atoms with E-state index in [1.807, 2.05) is 24.3 Å². The van der Waals surface area contributed by atoms with Gasteiger partial charge in [0, 0.05) is 19.0 Å². The number of para-hydroxylation sites is 2. The molecule has 1 amide bonds. The number of benzene rings is 1. The fourth-order valence-corrected chi connectivity index (χ4v) is 3.00. The second-order valence-corrected chi connectivity index (χ2v) is 6.26. The summed E-state index contributed by atoms with van der Waals surface area (Å²) in [7, 11) is 1.64. The maximum atomic E-state index is 11.8. The van der Waals surface area contributed by atoms with Crippen LogP contribution in [0.15, 0.2) is 24.3 Å². The smallest absolute Gasteiger partial charge is 0.220 e. The van der Waals surface area contributed by atoms with Crippen LogP contribution in [0.2, 0.25) is 0 Å². The lowest BCUT2D eigenvalue weighted by Crippen LogP contribution is -2.32. The van der Waals surface area contributed by atoms with Gasteiger partial charge in [0.05, 0.1) is 7.11 Å². The average Bonchev–Trinajstić information content (AvgIpc) is 3.10. The number of carbonyl (C=O) groups is 1. The maximum Gasteiger partial charge on any atom is 0.220 e. The summed E-state index contributed by atoms with van der Waals surface area (Å²) in [5.41, 5.74) is 0. The summed E-state index contributed by atoms with van der Waals surface area (Å²) < 4.78 is 10.9. The molecule has 5 heteroatoms. The van der Waals surface area contributed by atoms with Crippen molar-refractivity contribution in [3.05, 3.63) is 24.3 Å². The van der Waals surface area contributed by atoms with Gasteiger partial charge in [0.1, 0.15) is 6.61 Å². The number of hydrogen-bond donors (Lipinski definition) is 2. The molecule has 0 unspecified atom stereocenters. The summed E-state index contributed by atoms with van der Waals surface area (Å²) in [4.78, 5) is 11.8. The number of unbranched alkanes of at least 4 members (excludes halogenated alkanes) is 1. The Morgan fingerprint density at radius 2 is 1.88 bits per heavy atom. The summed E-state index contributed by atoms with van der Waals surface area (Å²) in [6, 6.07) is 8.08. The standard InChI is InChI=1S/C19H30N2O3/c1-23-17-10-4-5-11-18(17)24-15-14-20-13-7-6-12-19(22)21-16-8-2-3-9-16/h4-5,10-11,16,20H,2-3,6-9,12-15H2,1H3,(H,21,22). The highest BCUT2D eigenvalue weighted by atomic mass is 16.5. The van der Waals surface area contributed by atoms with Gasteiger partial charge in [-0.05, 0) is 44.4 Å². The third-order valence-electron chi connectivity index (χ3n) is 4.33. The van der Waals surface area contributed by atoms with Crippen molar-refractivity contribution in [3.8, 4) is 11.5 Å². The van der Waals surface area contributed by atoms with Crippen molar-refractivity contribution < 1.29 is 14.3 Å². The van der Waals surface area contributed by atoms with Crippen molar-refractivity contribution >= 4 is 5.91 Å². The molecular formula is C19H30N2O3. The van der Waals surface area contributed by atoms with Gasteiger partial charge in [0.2, 0.25) is 5.91 Å². The van der Waals surface area contributed by atoms with Crippen LogP contribution in [0, 0.1) is 0 Å². The number of methoxy groups -OCH3 is 1. The lowest BCUT2D eigenvalue weighted by molar-refractivity contribution is -0.121. The minimum absolute atomic E-state index is 0.210. The summed E-state index contributed by atoms with van der Waals surface area (Å²) in [6.07, 6.45) is 7.39. The number of rotatable bonds is 11. The van der Waals surface area contributed by atoms with E-state index in [9.17, 15) is 4.79 Å². The minimum atomic E-state index is 0.210. The number of amides is 1. The highest BCUT2D eigenvalue weighted by Crippen LogP contribution is 2.25. The Morgan fingerprint density at radius 1 is 1.12 bits per heavy atom. The van der Waals surface area contributed by atoms with Gasteiger partial charge in [0.25, 0.3) is 0 Å². The molecule has 0 radical (unpaired) electrons. The second-order valence-electron chi connectivity index (χ2n) is 6.26. The molecule has 0 aliphatic heterocycles. The van der Waals surface area contributed by atoms with Gasteiger partial charge in [-0.3, -0.25) is 4.79 Å². The van der Waals surface area contributed by atoms with Crippen molar-refractivity contribution in [2.24, 2.45) is 0 Å². The first kappa shape index (κ1) is 18.6. The van der Waals surface area contributed by atoms with Crippen molar-refractivity contribution in [1.29, 1.82) is 0 Å². The highest BCUT2D eigenvalue weighted by Gasteiger charge is 2.16. The molecular weight excluding hydrogens is 304 g/mol. The van der Waals surface area contributed by atoms with Gasteiger partial charge < -0.3 is 20.1 Å². The normalized spacial score (nSPS) is 14.5. The van der Waals surface area contributed by atoms with E-state index in [1.165, 1.54) is 12.8 Å². The number of hydrogen-bond acceptors (Lipinski definition) is 4. The van der Waals surface area contributed by atoms with Gasteiger partial charge in [-0.1, -0.05) is 25.0 Å². The quantitative estimate of drug-likeness (QED) is 0.611. The number of ether oxygens (including phenoxy) is 2. The van der Waals surface area contributed by atoms with Crippen LogP contribution in [-0.2, 0) is 4.79 Å². The van der Waals surface area contributed by atoms with Crippen LogP contribution in [0.25, 0.3) is 0 Å². The lowest BCUT2D eigenvalue weighted by Gasteiger charge is -2.12. The van der Waals surface area contributed by atoms with Crippen molar-refractivity contribution in [2.75, 3.05) is 26.8 Å². The number of nitrogens with one attached hydrogen (secondary N) is 2. The van der Waals surface area contributed by atoms with Gasteiger partial charge in [-0.25, -0.2) is 0 Å². The molecule has 0 saturated heterocycles. The van der Waals surface area contributed by atoms with Crippen LogP contribution in [-0.4, -0.2) is 38.8 Å². The third-order valence-corrected chi connectivity index (χ3v) is 4.33. The summed E-state index contributed by atoms with van der Waals surface area (Å²) >= 11 is 0. The Labute approximate surface area is 145 Å². The summed E-state index contributed by atoms with van der Waals surface area (Å²) in [5.74, 6) is 1.73. The first-order chi connectivity index (χ1) is 11.8. The van der Waals surface area contributed by atoms with E-state index in [2.05, 4.69) is 10.6 Å². The molecule has 1 fully saturated rings. The van der Waals surface area contributed by atoms with Crippen LogP contribution in [0.3, 0.4) is 0 Å². The molecule has 1 aliphatic carbocycles. The third kappa shape index (κ3) is 6.79. The van der Waals surface area contributed by atoms with Crippen molar-refractivity contribution in [1.82, 2.24) is 10.6 Å². The second kappa shape index (κ2) is 10.9. The fourth-order valence-electron chi connectivity index (χ4n) is 3.00. The van der Waals surface area contributed by atoms with E-state index in [0.717, 1.165) is 50.3 Å². The topological polar surface area (TPSA) is 59.6 Å². The van der Waals surface area contributed by atoms with E-state index in [0.29, 0.717) is 19.1 Å². The zero-order chi connectivity index (χ0) is 17.0. The van der Waals surface area contributed by atoms with E-state index >= 15 is 0 Å². The molecule has 1 saturated carbocycles. The molecule has 2 rings (SSSR count). The van der Waals surface area contributed by atoms with Crippen LogP contribution >= 0.6 is 0 Å². The van der Waals surface area contributed by atoms with Crippen LogP contribution < -0.4 is 20.1 Å². The molecule has 1 aliphatic rings. The Hall–Kier alpha value is -1.75. The minimum Gasteiger partial charge on any atom is -0.493 e. The fraction of sp³-hybridized carbons (Fsp3) is 0.632. The Morgan fingerprint density at radius 3 is 2.62 bits per heavy atom. The van der Waals surface area contributed by atoms with E-state index < -0.39 is 0 Å². The molecule has 0 heterocycles. The molecule has 5 nitrogen and oxygen atoms in total. The molecule has 134 valence electrons. The molecule has 24 heavy (non-hydrogen) atoms. The monoisotopic (exact) mass is 334 g/mol. The number of carbonyl (C=O) groups excluding carboxylic acids is 1. The lowest BCUT2D eigenvalue weighted by atomic mass is 10.2. The van der Waals surface area contributed by atoms with Crippen LogP contribution in [0.1, 0.15) is 44.9 Å². The van der Waals surface area contributed by atoms with Gasteiger partial charge in [0.15, 0.2) is 11.5 Å². The van der Waals surface area contributed by atoms with Crippen molar-refractivity contribution in [3.63, 3.8) is 0 Å². The predicted molar refractivity (Wildman–Crippen MR) is 95.6 cm³/mol. The molecule has 0 atom stereocenters. The first-order valence-corrected chi connectivity index (χ1v) is 9.05. The van der Waals surface area contributed by atoms with Gasteiger partial charge in [-0.15, -0.1) is 0 Å². The molecule has 0 bridgehead atoms. The van der Waals surface area contributed by atoms with Gasteiger partial charge in [-0.2, -0.15) is 0 Å². The van der Waals surface area contributed by atoms with E-state index in [-0.39, 0.29) is 5.91 Å². The van der Waals surface area contributed by atoms with E-state index in [1.54, 1.807) is 7.11 Å².